The summed E-state index contributed by atoms with van der Waals surface area (Å²) in [6.45, 7) is 0. The number of hydrogen-bond donors (Lipinski definition) is 0. The van der Waals surface area contributed by atoms with E-state index in [1.165, 1.54) is 0 Å². The quantitative estimate of drug-likeness (QED) is 0.343. The van der Waals surface area contributed by atoms with Crippen molar-refractivity contribution in [2.45, 2.75) is 30.2 Å². The van der Waals surface area contributed by atoms with Crippen LogP contribution in [0.5, 0.6) is 0 Å². The van der Waals surface area contributed by atoms with Crippen molar-refractivity contribution in [3.8, 4) is 0 Å². The van der Waals surface area contributed by atoms with Crippen molar-refractivity contribution in [3.05, 3.63) is 39.7 Å². The zero-order valence-electron chi connectivity index (χ0n) is 9.58. The Labute approximate surface area is 113 Å². The lowest BCUT2D eigenvalue weighted by molar-refractivity contribution is 0.550. The minimum atomic E-state index is -0.562. The van der Waals surface area contributed by atoms with E-state index in [2.05, 4.69) is 20.4 Å². The summed E-state index contributed by atoms with van der Waals surface area (Å²) in [5.41, 5.74) is 9.72. The van der Waals surface area contributed by atoms with Gasteiger partial charge in [0.25, 0.3) is 0 Å². The number of azide groups is 1. The molecule has 4 nitrogen and oxygen atoms in total. The Bertz CT molecular complexity index is 634. The Balaban J connectivity index is 2.15. The number of fused-ring (bicyclic) bond motifs is 1. The SMILES string of the molecule is [N-]=[N+]=NC1CCCC1(Cl)c1csc2ncccc12. The average molecular weight is 279 g/mol. The molecule has 0 aliphatic heterocycles. The molecule has 1 aliphatic rings. The normalized spacial score (nSPS) is 27.3. The lowest BCUT2D eigenvalue weighted by Gasteiger charge is -2.25. The van der Waals surface area contributed by atoms with E-state index in [0.717, 1.165) is 35.0 Å². The highest BCUT2D eigenvalue weighted by Gasteiger charge is 2.43. The van der Waals surface area contributed by atoms with Gasteiger partial charge < -0.3 is 0 Å². The summed E-state index contributed by atoms with van der Waals surface area (Å²) in [4.78, 5) is 7.69. The molecule has 1 aliphatic carbocycles. The molecule has 3 rings (SSSR count). The highest BCUT2D eigenvalue weighted by Crippen LogP contribution is 2.49. The molecule has 0 radical (unpaired) electrons. The first-order chi connectivity index (χ1) is 8.75. The fraction of sp³-hybridized carbons (Fsp3) is 0.417. The molecule has 0 aromatic carbocycles. The van der Waals surface area contributed by atoms with E-state index in [-0.39, 0.29) is 6.04 Å². The zero-order valence-corrected chi connectivity index (χ0v) is 11.2. The fourth-order valence-electron chi connectivity index (χ4n) is 2.66. The van der Waals surface area contributed by atoms with Crippen molar-refractivity contribution in [2.24, 2.45) is 5.11 Å². The van der Waals surface area contributed by atoms with E-state index in [9.17, 15) is 0 Å². The van der Waals surface area contributed by atoms with Gasteiger partial charge in [-0.15, -0.1) is 22.9 Å². The van der Waals surface area contributed by atoms with Crippen molar-refractivity contribution < 1.29 is 0 Å². The number of nitrogens with zero attached hydrogens (tertiary/aromatic N) is 4. The van der Waals surface area contributed by atoms with E-state index in [4.69, 9.17) is 17.1 Å². The van der Waals surface area contributed by atoms with Crippen LogP contribution in [0, 0.1) is 0 Å². The van der Waals surface area contributed by atoms with Crippen molar-refractivity contribution in [3.63, 3.8) is 0 Å². The Morgan fingerprint density at radius 2 is 2.50 bits per heavy atom. The molecule has 18 heavy (non-hydrogen) atoms. The van der Waals surface area contributed by atoms with Gasteiger partial charge in [0.15, 0.2) is 0 Å². The van der Waals surface area contributed by atoms with Crippen LogP contribution in [0.15, 0.2) is 28.8 Å². The van der Waals surface area contributed by atoms with Crippen LogP contribution in [-0.2, 0) is 4.87 Å². The minimum Gasteiger partial charge on any atom is -0.245 e. The lowest BCUT2D eigenvalue weighted by atomic mass is 9.93. The Morgan fingerprint density at radius 3 is 3.33 bits per heavy atom. The maximum absolute atomic E-state index is 8.66. The number of hydrogen-bond acceptors (Lipinski definition) is 3. The number of halogens is 1. The third-order valence-electron chi connectivity index (χ3n) is 3.53. The molecule has 0 spiro atoms. The summed E-state index contributed by atoms with van der Waals surface area (Å²) in [6, 6.07) is 3.78. The van der Waals surface area contributed by atoms with Gasteiger partial charge in [0, 0.05) is 16.5 Å². The van der Waals surface area contributed by atoms with Gasteiger partial charge in [0.2, 0.25) is 0 Å². The second-order valence-electron chi connectivity index (χ2n) is 4.48. The van der Waals surface area contributed by atoms with E-state index in [1.54, 1.807) is 17.5 Å². The van der Waals surface area contributed by atoms with Gasteiger partial charge in [-0.3, -0.25) is 0 Å². The summed E-state index contributed by atoms with van der Waals surface area (Å²) >= 11 is 8.36. The first kappa shape index (κ1) is 11.8. The summed E-state index contributed by atoms with van der Waals surface area (Å²) in [5.74, 6) is 0. The number of aromatic nitrogens is 1. The van der Waals surface area contributed by atoms with Crippen molar-refractivity contribution in [1.82, 2.24) is 4.98 Å². The maximum Gasteiger partial charge on any atom is 0.123 e. The summed E-state index contributed by atoms with van der Waals surface area (Å²) in [5, 5.41) is 7.00. The molecular weight excluding hydrogens is 268 g/mol. The molecule has 0 N–H and O–H groups in total. The molecule has 2 aromatic heterocycles. The Hall–Kier alpha value is -1.29. The fourth-order valence-corrected chi connectivity index (χ4v) is 4.16. The van der Waals surface area contributed by atoms with Crippen LogP contribution < -0.4 is 0 Å². The Morgan fingerprint density at radius 1 is 1.61 bits per heavy atom. The minimum absolute atomic E-state index is 0.165. The molecular formula is C12H11ClN4S. The van der Waals surface area contributed by atoms with Crippen LogP contribution in [-0.4, -0.2) is 11.0 Å². The maximum atomic E-state index is 8.66. The molecule has 1 fully saturated rings. The van der Waals surface area contributed by atoms with Gasteiger partial charge in [0.1, 0.15) is 4.83 Å². The molecule has 6 heteroatoms. The van der Waals surface area contributed by atoms with Crippen LogP contribution in [0.4, 0.5) is 0 Å². The van der Waals surface area contributed by atoms with Crippen LogP contribution in [0.25, 0.3) is 20.7 Å². The van der Waals surface area contributed by atoms with Gasteiger partial charge in [-0.1, -0.05) is 17.6 Å². The highest BCUT2D eigenvalue weighted by molar-refractivity contribution is 7.17. The third kappa shape index (κ3) is 1.67. The predicted molar refractivity (Wildman–Crippen MR) is 73.9 cm³/mol. The molecule has 1 saturated carbocycles. The summed E-state index contributed by atoms with van der Waals surface area (Å²) in [7, 11) is 0. The summed E-state index contributed by atoms with van der Waals surface area (Å²) in [6.07, 6.45) is 4.47. The molecule has 0 amide bonds. The average Bonchev–Trinajstić information content (AvgIpc) is 2.95. The molecule has 0 bridgehead atoms. The van der Waals surface area contributed by atoms with Crippen molar-refractivity contribution in [1.29, 1.82) is 0 Å². The first-order valence-electron chi connectivity index (χ1n) is 5.81. The van der Waals surface area contributed by atoms with Gasteiger partial charge >= 0.3 is 0 Å². The molecule has 2 atom stereocenters. The molecule has 0 saturated heterocycles. The van der Waals surface area contributed by atoms with Crippen LogP contribution in [0.2, 0.25) is 0 Å². The largest absolute Gasteiger partial charge is 0.245 e. The Kier molecular flexibility index (Phi) is 2.90. The monoisotopic (exact) mass is 278 g/mol. The van der Waals surface area contributed by atoms with Crippen molar-refractivity contribution in [2.75, 3.05) is 0 Å². The van der Waals surface area contributed by atoms with Gasteiger partial charge in [-0.25, -0.2) is 4.98 Å². The van der Waals surface area contributed by atoms with E-state index < -0.39 is 4.87 Å². The number of thiophene rings is 1. The molecule has 2 heterocycles. The molecule has 92 valence electrons. The van der Waals surface area contributed by atoms with Crippen LogP contribution >= 0.6 is 22.9 Å². The van der Waals surface area contributed by atoms with Crippen LogP contribution in [0.1, 0.15) is 24.8 Å². The van der Waals surface area contributed by atoms with Crippen LogP contribution in [0.3, 0.4) is 0 Å². The predicted octanol–water partition coefficient (Wildman–Crippen LogP) is 4.59. The number of alkyl halides is 1. The smallest absolute Gasteiger partial charge is 0.123 e. The van der Waals surface area contributed by atoms with Gasteiger partial charge in [-0.2, -0.15) is 0 Å². The molecule has 2 unspecified atom stereocenters. The van der Waals surface area contributed by atoms with Gasteiger partial charge in [0.05, 0.1) is 10.9 Å². The van der Waals surface area contributed by atoms with Gasteiger partial charge in [-0.05, 0) is 35.4 Å². The number of rotatable bonds is 2. The first-order valence-corrected chi connectivity index (χ1v) is 7.07. The lowest BCUT2D eigenvalue weighted by Crippen LogP contribution is -2.26. The second kappa shape index (κ2) is 4.43. The topological polar surface area (TPSA) is 61.7 Å². The standard InChI is InChI=1S/C12H11ClN4S/c13-12(5-1-4-10(12)16-17-14)9-7-18-11-8(9)3-2-6-15-11/h2-3,6-7,10H,1,4-5H2. The van der Waals surface area contributed by atoms with Crippen molar-refractivity contribution >= 4 is 33.2 Å². The third-order valence-corrected chi connectivity index (χ3v) is 5.08. The zero-order chi connectivity index (χ0) is 12.6. The summed E-state index contributed by atoms with van der Waals surface area (Å²) < 4.78 is 0. The second-order valence-corrected chi connectivity index (χ2v) is 6.01. The number of pyridine rings is 1. The van der Waals surface area contributed by atoms with E-state index in [1.807, 2.05) is 12.1 Å². The van der Waals surface area contributed by atoms with E-state index in [0.29, 0.717) is 0 Å². The molecule has 2 aromatic rings. The van der Waals surface area contributed by atoms with E-state index >= 15 is 0 Å². The highest BCUT2D eigenvalue weighted by atomic mass is 35.5.